The van der Waals surface area contributed by atoms with E-state index < -0.39 is 5.25 Å². The molecule has 1 fully saturated rings. The Bertz CT molecular complexity index is 1190. The number of nitrogens with zero attached hydrogens (tertiary/aromatic N) is 3. The van der Waals surface area contributed by atoms with Crippen molar-refractivity contribution in [2.24, 2.45) is 0 Å². The molecule has 0 unspecified atom stereocenters. The first-order chi connectivity index (χ1) is 15.7. The summed E-state index contributed by atoms with van der Waals surface area (Å²) >= 11 is 7.47. The Labute approximate surface area is 195 Å². The van der Waals surface area contributed by atoms with Gasteiger partial charge in [-0.25, -0.2) is 0 Å². The highest BCUT2D eigenvalue weighted by molar-refractivity contribution is 8.00. The summed E-state index contributed by atoms with van der Waals surface area (Å²) < 4.78 is 7.56. The Morgan fingerprint density at radius 1 is 1.09 bits per heavy atom. The molecular weight excluding hydrogens is 444 g/mol. The van der Waals surface area contributed by atoms with Gasteiger partial charge in [-0.15, -0.1) is 10.2 Å². The Hall–Kier alpha value is -3.03. The molecule has 1 N–H and O–H groups in total. The summed E-state index contributed by atoms with van der Waals surface area (Å²) in [6.45, 7) is 0.450. The van der Waals surface area contributed by atoms with Gasteiger partial charge in [-0.2, -0.15) is 0 Å². The molecule has 1 aliphatic rings. The highest BCUT2D eigenvalue weighted by atomic mass is 35.5. The van der Waals surface area contributed by atoms with Crippen LogP contribution in [0.15, 0.2) is 82.6 Å². The van der Waals surface area contributed by atoms with Crippen molar-refractivity contribution in [1.82, 2.24) is 20.1 Å². The Kier molecular flexibility index (Phi) is 6.01. The maximum atomic E-state index is 13.1. The fraction of sp³-hybridized carbons (Fsp3) is 0.208. The van der Waals surface area contributed by atoms with Crippen molar-refractivity contribution < 1.29 is 9.21 Å². The molecule has 2 aromatic heterocycles. The van der Waals surface area contributed by atoms with Gasteiger partial charge < -0.3 is 9.73 Å². The molecule has 0 radical (unpaired) electrons. The van der Waals surface area contributed by atoms with Crippen molar-refractivity contribution in [3.63, 3.8) is 0 Å². The topological polar surface area (TPSA) is 73.0 Å². The average Bonchev–Trinajstić information content (AvgIpc) is 3.31. The molecule has 1 amide bonds. The molecule has 1 saturated carbocycles. The largest absolute Gasteiger partial charge is 0.467 e. The highest BCUT2D eigenvalue weighted by Gasteiger charge is 2.31. The number of benzene rings is 2. The quantitative estimate of drug-likeness (QED) is 0.356. The molecule has 4 aromatic rings. The highest BCUT2D eigenvalue weighted by Crippen LogP contribution is 2.37. The van der Waals surface area contributed by atoms with Crippen LogP contribution in [0, 0.1) is 0 Å². The van der Waals surface area contributed by atoms with Crippen molar-refractivity contribution in [1.29, 1.82) is 0 Å². The maximum absolute atomic E-state index is 13.1. The van der Waals surface area contributed by atoms with Crippen LogP contribution in [-0.4, -0.2) is 26.7 Å². The summed E-state index contributed by atoms with van der Waals surface area (Å²) in [6, 6.07) is 21.3. The molecule has 6 nitrogen and oxygen atoms in total. The number of thioether (sulfide) groups is 1. The SMILES string of the molecule is O=C(NC1CC1)[C@H](Sc1nnc(-c2ccc(Cl)cc2)n1Cc1ccco1)c1ccccc1. The predicted molar refractivity (Wildman–Crippen MR) is 124 cm³/mol. The number of hydrogen-bond donors (Lipinski definition) is 1. The number of halogens is 1. The van der Waals surface area contributed by atoms with E-state index >= 15 is 0 Å². The summed E-state index contributed by atoms with van der Waals surface area (Å²) in [7, 11) is 0. The summed E-state index contributed by atoms with van der Waals surface area (Å²) in [5, 5.41) is 12.9. The molecule has 0 aliphatic heterocycles. The molecule has 0 saturated heterocycles. The average molecular weight is 465 g/mol. The molecule has 1 atom stereocenters. The lowest BCUT2D eigenvalue weighted by Gasteiger charge is -2.17. The number of furan rings is 1. The van der Waals surface area contributed by atoms with Crippen LogP contribution < -0.4 is 5.32 Å². The van der Waals surface area contributed by atoms with Gasteiger partial charge in [-0.05, 0) is 54.8 Å². The van der Waals surface area contributed by atoms with E-state index in [1.807, 2.05) is 71.3 Å². The number of aromatic nitrogens is 3. The molecule has 1 aliphatic carbocycles. The maximum Gasteiger partial charge on any atom is 0.238 e. The summed E-state index contributed by atoms with van der Waals surface area (Å²) in [5.41, 5.74) is 1.82. The van der Waals surface area contributed by atoms with Gasteiger partial charge >= 0.3 is 0 Å². The number of hydrogen-bond acceptors (Lipinski definition) is 5. The minimum atomic E-state index is -0.436. The van der Waals surface area contributed by atoms with Gasteiger partial charge in [0.25, 0.3) is 0 Å². The summed E-state index contributed by atoms with van der Waals surface area (Å²) in [4.78, 5) is 13.1. The zero-order valence-corrected chi connectivity index (χ0v) is 18.7. The van der Waals surface area contributed by atoms with E-state index in [0.29, 0.717) is 22.5 Å². The van der Waals surface area contributed by atoms with Crippen molar-refractivity contribution in [3.8, 4) is 11.4 Å². The van der Waals surface area contributed by atoms with Crippen LogP contribution in [0.5, 0.6) is 0 Å². The van der Waals surface area contributed by atoms with Gasteiger partial charge in [0.2, 0.25) is 5.91 Å². The van der Waals surface area contributed by atoms with Gasteiger partial charge in [-0.1, -0.05) is 53.7 Å². The van der Waals surface area contributed by atoms with E-state index in [2.05, 4.69) is 15.5 Å². The van der Waals surface area contributed by atoms with E-state index in [4.69, 9.17) is 16.0 Å². The zero-order chi connectivity index (χ0) is 21.9. The van der Waals surface area contributed by atoms with Crippen LogP contribution in [-0.2, 0) is 11.3 Å². The van der Waals surface area contributed by atoms with E-state index in [9.17, 15) is 4.79 Å². The van der Waals surface area contributed by atoms with Gasteiger partial charge in [0, 0.05) is 16.6 Å². The van der Waals surface area contributed by atoms with Gasteiger partial charge in [0.1, 0.15) is 11.0 Å². The summed E-state index contributed by atoms with van der Waals surface area (Å²) in [6.07, 6.45) is 3.71. The third kappa shape index (κ3) is 4.74. The van der Waals surface area contributed by atoms with Gasteiger partial charge in [-0.3, -0.25) is 9.36 Å². The molecule has 0 bridgehead atoms. The van der Waals surface area contributed by atoms with Crippen LogP contribution in [0.1, 0.15) is 29.4 Å². The third-order valence-corrected chi connectivity index (χ3v) is 6.69. The fourth-order valence-electron chi connectivity index (χ4n) is 3.40. The van der Waals surface area contributed by atoms with Gasteiger partial charge in [0.15, 0.2) is 11.0 Å². The molecular formula is C24H21ClN4O2S. The molecule has 2 aromatic carbocycles. The predicted octanol–water partition coefficient (Wildman–Crippen LogP) is 5.35. The second-order valence-electron chi connectivity index (χ2n) is 7.67. The number of carbonyl (C=O) groups excluding carboxylic acids is 1. The van der Waals surface area contributed by atoms with Crippen LogP contribution in [0.25, 0.3) is 11.4 Å². The molecule has 0 spiro atoms. The Morgan fingerprint density at radius 2 is 1.88 bits per heavy atom. The summed E-state index contributed by atoms with van der Waals surface area (Å²) in [5.74, 6) is 1.46. The number of rotatable bonds is 8. The van der Waals surface area contributed by atoms with Crippen LogP contribution in [0.4, 0.5) is 0 Å². The second-order valence-corrected chi connectivity index (χ2v) is 9.18. The first kappa shape index (κ1) is 20.8. The molecule has 32 heavy (non-hydrogen) atoms. The third-order valence-electron chi connectivity index (χ3n) is 5.20. The van der Waals surface area contributed by atoms with Gasteiger partial charge in [0.05, 0.1) is 12.8 Å². The first-order valence-electron chi connectivity index (χ1n) is 10.4. The monoisotopic (exact) mass is 464 g/mol. The minimum absolute atomic E-state index is 0.00992. The normalized spacial score (nSPS) is 14.3. The van der Waals surface area contributed by atoms with Crippen LogP contribution >= 0.6 is 23.4 Å². The number of amides is 1. The lowest BCUT2D eigenvalue weighted by Crippen LogP contribution is -2.30. The van der Waals surface area contributed by atoms with E-state index in [-0.39, 0.29) is 11.9 Å². The number of nitrogens with one attached hydrogen (secondary N) is 1. The van der Waals surface area contributed by atoms with Crippen molar-refractivity contribution in [2.45, 2.75) is 35.8 Å². The number of carbonyl (C=O) groups is 1. The van der Waals surface area contributed by atoms with E-state index in [1.54, 1.807) is 6.26 Å². The van der Waals surface area contributed by atoms with E-state index in [0.717, 1.165) is 29.7 Å². The van der Waals surface area contributed by atoms with E-state index in [1.165, 1.54) is 11.8 Å². The Morgan fingerprint density at radius 3 is 2.56 bits per heavy atom. The van der Waals surface area contributed by atoms with Crippen molar-refractivity contribution in [2.75, 3.05) is 0 Å². The smallest absolute Gasteiger partial charge is 0.238 e. The molecule has 8 heteroatoms. The minimum Gasteiger partial charge on any atom is -0.467 e. The first-order valence-corrected chi connectivity index (χ1v) is 11.7. The lowest BCUT2D eigenvalue weighted by molar-refractivity contribution is -0.120. The van der Waals surface area contributed by atoms with Crippen molar-refractivity contribution >= 4 is 29.3 Å². The van der Waals surface area contributed by atoms with Crippen molar-refractivity contribution in [3.05, 3.63) is 89.3 Å². The molecule has 2 heterocycles. The van der Waals surface area contributed by atoms with Crippen LogP contribution in [0.2, 0.25) is 5.02 Å². The fourth-order valence-corrected chi connectivity index (χ4v) is 4.57. The standard InChI is InChI=1S/C24H21ClN4O2S/c25-18-10-8-17(9-11-18)22-27-28-24(29(22)15-20-7-4-14-31-20)32-21(16-5-2-1-3-6-16)23(30)26-19-12-13-19/h1-11,14,19,21H,12-13,15H2,(H,26,30)/t21-/m1/s1. The lowest BCUT2D eigenvalue weighted by atomic mass is 10.1. The zero-order valence-electron chi connectivity index (χ0n) is 17.1. The molecule has 162 valence electrons. The van der Waals surface area contributed by atoms with Crippen LogP contribution in [0.3, 0.4) is 0 Å². The second kappa shape index (κ2) is 9.22. The Balaban J connectivity index is 1.51. The molecule has 5 rings (SSSR count).